The van der Waals surface area contributed by atoms with Crippen molar-refractivity contribution in [3.63, 3.8) is 0 Å². The van der Waals surface area contributed by atoms with Gasteiger partial charge in [0.1, 0.15) is 12.1 Å². The third-order valence-corrected chi connectivity index (χ3v) is 12.6. The fourth-order valence-electron chi connectivity index (χ4n) is 3.84. The third-order valence-electron chi connectivity index (χ3n) is 7.10. The Morgan fingerprint density at radius 1 is 0.972 bits per heavy atom. The quantitative estimate of drug-likeness (QED) is 0.226. The van der Waals surface area contributed by atoms with Crippen LogP contribution in [0.5, 0.6) is 5.75 Å². The Morgan fingerprint density at radius 2 is 1.72 bits per heavy atom. The Morgan fingerprint density at radius 3 is 2.44 bits per heavy atom. The summed E-state index contributed by atoms with van der Waals surface area (Å²) in [4.78, 5) is 12.8. The molecule has 0 aliphatic rings. The first-order valence-corrected chi connectivity index (χ1v) is 16.4. The molecule has 190 valence electrons. The molecule has 0 amide bonds. The molecule has 5 nitrogen and oxygen atoms in total. The molecule has 4 rings (SSSR count). The fraction of sp³-hybridized carbons (Fsp3) is 0.379. The minimum Gasteiger partial charge on any atom is -0.543 e. The van der Waals surface area contributed by atoms with Gasteiger partial charge in [-0.1, -0.05) is 58.9 Å². The van der Waals surface area contributed by atoms with Gasteiger partial charge in [0.25, 0.3) is 0 Å². The van der Waals surface area contributed by atoms with E-state index in [2.05, 4.69) is 110 Å². The van der Waals surface area contributed by atoms with Crippen molar-refractivity contribution in [1.29, 1.82) is 0 Å². The van der Waals surface area contributed by atoms with Crippen molar-refractivity contribution in [2.75, 3.05) is 18.4 Å². The van der Waals surface area contributed by atoms with Crippen LogP contribution in [0.15, 0.2) is 60.9 Å². The number of anilines is 2. The Balaban J connectivity index is 1.59. The first-order valence-electron chi connectivity index (χ1n) is 12.7. The lowest BCUT2D eigenvalue weighted by atomic mass is 10.1. The monoisotopic (exact) mass is 518 g/mol. The standard InChI is InChI=1S/C29H38N4OSSi/c1-8-33(9-2)19-21-12-10-13-22(16-21)26-18-25-27(35-26)28(31-20-30-25)32-23-14-11-15-24(17-23)34-36(6,7)29(3,4)5/h10-18,20H,8-9,19H2,1-7H3,(H,30,31,32). The average Bonchev–Trinajstić information content (AvgIpc) is 3.28. The fourth-order valence-corrected chi connectivity index (χ4v) is 5.91. The number of thiophene rings is 1. The summed E-state index contributed by atoms with van der Waals surface area (Å²) in [5.74, 6) is 1.72. The normalized spacial score (nSPS) is 12.3. The maximum Gasteiger partial charge on any atom is 0.250 e. The molecule has 2 aromatic heterocycles. The summed E-state index contributed by atoms with van der Waals surface area (Å²) in [5, 5.41) is 3.66. The number of fused-ring (bicyclic) bond motifs is 1. The zero-order valence-corrected chi connectivity index (χ0v) is 24.4. The largest absolute Gasteiger partial charge is 0.543 e. The molecule has 0 bridgehead atoms. The van der Waals surface area contributed by atoms with Crippen LogP contribution < -0.4 is 9.74 Å². The minimum absolute atomic E-state index is 0.144. The van der Waals surface area contributed by atoms with Gasteiger partial charge >= 0.3 is 0 Å². The number of aromatic nitrogens is 2. The summed E-state index contributed by atoms with van der Waals surface area (Å²) in [5.41, 5.74) is 4.47. The van der Waals surface area contributed by atoms with Crippen LogP contribution in [-0.4, -0.2) is 36.3 Å². The van der Waals surface area contributed by atoms with Crippen molar-refractivity contribution in [2.24, 2.45) is 0 Å². The van der Waals surface area contributed by atoms with Crippen molar-refractivity contribution in [3.8, 4) is 16.2 Å². The van der Waals surface area contributed by atoms with Gasteiger partial charge in [-0.15, -0.1) is 11.3 Å². The van der Waals surface area contributed by atoms with E-state index in [1.807, 2.05) is 12.1 Å². The van der Waals surface area contributed by atoms with Gasteiger partial charge in [0.15, 0.2) is 5.82 Å². The first-order chi connectivity index (χ1) is 17.1. The maximum absolute atomic E-state index is 6.51. The smallest absolute Gasteiger partial charge is 0.250 e. The van der Waals surface area contributed by atoms with Crippen LogP contribution in [0.25, 0.3) is 20.7 Å². The molecule has 2 aromatic carbocycles. The van der Waals surface area contributed by atoms with Gasteiger partial charge in [-0.3, -0.25) is 4.90 Å². The van der Waals surface area contributed by atoms with Gasteiger partial charge in [0, 0.05) is 23.2 Å². The van der Waals surface area contributed by atoms with Crippen molar-refractivity contribution in [1.82, 2.24) is 14.9 Å². The molecular formula is C29H38N4OSSi. The highest BCUT2D eigenvalue weighted by Crippen LogP contribution is 2.39. The van der Waals surface area contributed by atoms with Crippen molar-refractivity contribution >= 4 is 41.4 Å². The molecular weight excluding hydrogens is 480 g/mol. The highest BCUT2D eigenvalue weighted by atomic mass is 32.1. The average molecular weight is 519 g/mol. The molecule has 1 N–H and O–H groups in total. The number of hydrogen-bond acceptors (Lipinski definition) is 6. The number of hydrogen-bond donors (Lipinski definition) is 1. The van der Waals surface area contributed by atoms with Gasteiger partial charge in [-0.25, -0.2) is 9.97 Å². The van der Waals surface area contributed by atoms with Crippen LogP contribution in [0.4, 0.5) is 11.5 Å². The first kappa shape index (κ1) is 26.3. The van der Waals surface area contributed by atoms with E-state index in [4.69, 9.17) is 4.43 Å². The molecule has 0 radical (unpaired) electrons. The third kappa shape index (κ3) is 5.97. The molecule has 0 fully saturated rings. The predicted molar refractivity (Wildman–Crippen MR) is 157 cm³/mol. The van der Waals surface area contributed by atoms with Gasteiger partial charge in [0.2, 0.25) is 8.32 Å². The van der Waals surface area contributed by atoms with Crippen LogP contribution >= 0.6 is 11.3 Å². The maximum atomic E-state index is 6.51. The zero-order chi connectivity index (χ0) is 25.9. The van der Waals surface area contributed by atoms with Crippen LogP contribution in [0.1, 0.15) is 40.2 Å². The Bertz CT molecular complexity index is 1320. The number of rotatable bonds is 9. The van der Waals surface area contributed by atoms with E-state index in [1.54, 1.807) is 17.7 Å². The second kappa shape index (κ2) is 10.7. The molecule has 0 saturated carbocycles. The molecule has 0 spiro atoms. The van der Waals surface area contributed by atoms with Crippen LogP contribution in [-0.2, 0) is 6.54 Å². The van der Waals surface area contributed by atoms with E-state index in [1.165, 1.54) is 16.0 Å². The molecule has 0 aliphatic carbocycles. The van der Waals surface area contributed by atoms with E-state index in [9.17, 15) is 0 Å². The molecule has 0 saturated heterocycles. The van der Waals surface area contributed by atoms with Gasteiger partial charge in [-0.2, -0.15) is 0 Å². The Kier molecular flexibility index (Phi) is 7.83. The second-order valence-electron chi connectivity index (χ2n) is 10.7. The zero-order valence-electron chi connectivity index (χ0n) is 22.6. The summed E-state index contributed by atoms with van der Waals surface area (Å²) in [6.07, 6.45) is 1.63. The Hall–Kier alpha value is -2.74. The minimum atomic E-state index is -1.91. The molecule has 4 aromatic rings. The number of nitrogens with zero attached hydrogens (tertiary/aromatic N) is 3. The highest BCUT2D eigenvalue weighted by molar-refractivity contribution is 7.22. The van der Waals surface area contributed by atoms with Crippen LogP contribution in [0.3, 0.4) is 0 Å². The Labute approximate surface area is 220 Å². The van der Waals surface area contributed by atoms with Crippen molar-refractivity contribution in [3.05, 3.63) is 66.5 Å². The summed E-state index contributed by atoms with van der Waals surface area (Å²) in [7, 11) is -1.91. The van der Waals surface area contributed by atoms with Crippen LogP contribution in [0.2, 0.25) is 18.1 Å². The molecule has 0 atom stereocenters. The van der Waals surface area contributed by atoms with E-state index in [0.717, 1.165) is 47.1 Å². The molecule has 2 heterocycles. The summed E-state index contributed by atoms with van der Waals surface area (Å²) < 4.78 is 7.57. The van der Waals surface area contributed by atoms with Crippen molar-refractivity contribution in [2.45, 2.75) is 59.3 Å². The topological polar surface area (TPSA) is 50.3 Å². The van der Waals surface area contributed by atoms with E-state index >= 15 is 0 Å². The lowest BCUT2D eigenvalue weighted by molar-refractivity contribution is 0.296. The van der Waals surface area contributed by atoms with Gasteiger partial charge in [0.05, 0.1) is 10.2 Å². The summed E-state index contributed by atoms with van der Waals surface area (Å²) in [6, 6.07) is 19.2. The number of benzene rings is 2. The van der Waals surface area contributed by atoms with E-state index in [0.29, 0.717) is 0 Å². The second-order valence-corrected chi connectivity index (χ2v) is 16.5. The summed E-state index contributed by atoms with van der Waals surface area (Å²) in [6.45, 7) is 18.8. The summed E-state index contributed by atoms with van der Waals surface area (Å²) >= 11 is 1.73. The van der Waals surface area contributed by atoms with E-state index in [-0.39, 0.29) is 5.04 Å². The SMILES string of the molecule is CCN(CC)Cc1cccc(-c2cc3ncnc(Nc4cccc(O[Si](C)(C)C(C)(C)C)c4)c3s2)c1. The lowest BCUT2D eigenvalue weighted by Gasteiger charge is -2.36. The lowest BCUT2D eigenvalue weighted by Crippen LogP contribution is -2.43. The molecule has 36 heavy (non-hydrogen) atoms. The highest BCUT2D eigenvalue weighted by Gasteiger charge is 2.39. The van der Waals surface area contributed by atoms with Gasteiger partial charge in [-0.05, 0) is 66.6 Å². The van der Waals surface area contributed by atoms with Gasteiger partial charge < -0.3 is 9.74 Å². The molecule has 0 unspecified atom stereocenters. The van der Waals surface area contributed by atoms with Crippen LogP contribution in [0, 0.1) is 0 Å². The van der Waals surface area contributed by atoms with Crippen molar-refractivity contribution < 1.29 is 4.43 Å². The molecule has 7 heteroatoms. The molecule has 0 aliphatic heterocycles. The number of nitrogens with one attached hydrogen (secondary N) is 1. The predicted octanol–water partition coefficient (Wildman–Crippen LogP) is 8.33. The van der Waals surface area contributed by atoms with E-state index < -0.39 is 8.32 Å².